The van der Waals surface area contributed by atoms with Gasteiger partial charge in [0, 0.05) is 18.2 Å². The summed E-state index contributed by atoms with van der Waals surface area (Å²) >= 11 is 0. The number of hydrogen-bond acceptors (Lipinski definition) is 4. The van der Waals surface area contributed by atoms with E-state index in [4.69, 9.17) is 0 Å². The van der Waals surface area contributed by atoms with E-state index in [2.05, 4.69) is 15.6 Å². The molecule has 0 saturated heterocycles. The van der Waals surface area contributed by atoms with Gasteiger partial charge < -0.3 is 10.6 Å². The topological polar surface area (TPSA) is 93.1 Å². The molecule has 7 nitrogen and oxygen atoms in total. The van der Waals surface area contributed by atoms with Crippen molar-refractivity contribution in [2.75, 3.05) is 10.6 Å². The van der Waals surface area contributed by atoms with E-state index in [9.17, 15) is 18.8 Å². The smallest absolute Gasteiger partial charge is 0.278 e. The number of halogens is 1. The third kappa shape index (κ3) is 4.79. The minimum absolute atomic E-state index is 0.111. The van der Waals surface area contributed by atoms with Crippen molar-refractivity contribution in [2.24, 2.45) is 0 Å². The lowest BCUT2D eigenvalue weighted by Gasteiger charge is -2.15. The van der Waals surface area contributed by atoms with Gasteiger partial charge in [0.25, 0.3) is 5.56 Å². The first kappa shape index (κ1) is 21.9. The van der Waals surface area contributed by atoms with E-state index in [1.54, 1.807) is 42.5 Å². The van der Waals surface area contributed by atoms with E-state index in [1.165, 1.54) is 29.7 Å². The van der Waals surface area contributed by atoms with Gasteiger partial charge in [-0.15, -0.1) is 0 Å². The van der Waals surface area contributed by atoms with Crippen molar-refractivity contribution in [3.63, 3.8) is 0 Å². The average molecular weight is 444 g/mol. The van der Waals surface area contributed by atoms with Crippen LogP contribution in [0.5, 0.6) is 0 Å². The summed E-state index contributed by atoms with van der Waals surface area (Å²) in [5.41, 5.74) is 2.70. The number of benzene rings is 3. The first-order chi connectivity index (χ1) is 15.8. The molecule has 0 radical (unpaired) electrons. The standard InChI is InChI=1S/C25H21FN4O3/c1-15-10-11-20(27-16(2)31)19(12-15)24-25(33)30(22-9-4-3-8-21(22)29-24)14-23(32)28-18-7-5-6-17(26)13-18/h3-13H,14H2,1-2H3,(H,27,31)(H,28,32). The fraction of sp³-hybridized carbons (Fsp3) is 0.120. The van der Waals surface area contributed by atoms with Gasteiger partial charge in [0.1, 0.15) is 18.1 Å². The number of nitrogens with one attached hydrogen (secondary N) is 2. The predicted octanol–water partition coefficient (Wildman–Crippen LogP) is 4.11. The van der Waals surface area contributed by atoms with Crippen LogP contribution in [0.3, 0.4) is 0 Å². The lowest BCUT2D eigenvalue weighted by Crippen LogP contribution is -2.30. The molecule has 1 heterocycles. The van der Waals surface area contributed by atoms with Gasteiger partial charge in [-0.25, -0.2) is 9.37 Å². The van der Waals surface area contributed by atoms with Crippen molar-refractivity contribution in [3.05, 3.63) is 88.5 Å². The molecule has 0 atom stereocenters. The number of aromatic nitrogens is 2. The number of carbonyl (C=O) groups excluding carboxylic acids is 2. The third-order valence-corrected chi connectivity index (χ3v) is 5.00. The Balaban J connectivity index is 1.82. The molecule has 3 aromatic carbocycles. The van der Waals surface area contributed by atoms with E-state index in [0.29, 0.717) is 28.0 Å². The van der Waals surface area contributed by atoms with Crippen LogP contribution >= 0.6 is 0 Å². The van der Waals surface area contributed by atoms with Gasteiger partial charge in [-0.3, -0.25) is 19.0 Å². The van der Waals surface area contributed by atoms with Gasteiger partial charge in [-0.1, -0.05) is 29.8 Å². The lowest BCUT2D eigenvalue weighted by atomic mass is 10.1. The Morgan fingerprint density at radius 3 is 2.55 bits per heavy atom. The number of rotatable bonds is 5. The van der Waals surface area contributed by atoms with E-state index < -0.39 is 17.3 Å². The molecule has 8 heteroatoms. The van der Waals surface area contributed by atoms with Crippen molar-refractivity contribution in [1.82, 2.24) is 9.55 Å². The number of nitrogens with zero attached hydrogens (tertiary/aromatic N) is 2. The first-order valence-corrected chi connectivity index (χ1v) is 10.3. The van der Waals surface area contributed by atoms with Crippen molar-refractivity contribution in [3.8, 4) is 11.3 Å². The number of hydrogen-bond donors (Lipinski definition) is 2. The summed E-state index contributed by atoms with van der Waals surface area (Å²) in [5, 5.41) is 5.34. The molecule has 0 spiro atoms. The molecule has 2 N–H and O–H groups in total. The molecule has 1 aromatic heterocycles. The highest BCUT2D eigenvalue weighted by Gasteiger charge is 2.18. The van der Waals surface area contributed by atoms with Gasteiger partial charge in [0.2, 0.25) is 11.8 Å². The quantitative estimate of drug-likeness (QED) is 0.485. The summed E-state index contributed by atoms with van der Waals surface area (Å²) in [7, 11) is 0. The number of amides is 2. The number of aryl methyl sites for hydroxylation is 1. The molecular weight excluding hydrogens is 423 g/mol. The zero-order valence-corrected chi connectivity index (χ0v) is 18.1. The molecule has 4 aromatic rings. The summed E-state index contributed by atoms with van der Waals surface area (Å²) in [6, 6.07) is 17.8. The van der Waals surface area contributed by atoms with Crippen LogP contribution in [0.4, 0.5) is 15.8 Å². The Labute approximate surface area is 188 Å². The Kier molecular flexibility index (Phi) is 5.99. The Hall–Kier alpha value is -4.33. The third-order valence-electron chi connectivity index (χ3n) is 5.00. The van der Waals surface area contributed by atoms with Crippen molar-refractivity contribution >= 4 is 34.2 Å². The van der Waals surface area contributed by atoms with Crippen molar-refractivity contribution in [1.29, 1.82) is 0 Å². The van der Waals surface area contributed by atoms with Gasteiger partial charge in [0.15, 0.2) is 0 Å². The fourth-order valence-corrected chi connectivity index (χ4v) is 3.59. The lowest BCUT2D eigenvalue weighted by molar-refractivity contribution is -0.117. The molecule has 0 aliphatic rings. The normalized spacial score (nSPS) is 10.8. The van der Waals surface area contributed by atoms with Crippen molar-refractivity contribution in [2.45, 2.75) is 20.4 Å². The highest BCUT2D eigenvalue weighted by atomic mass is 19.1. The van der Waals surface area contributed by atoms with Crippen LogP contribution in [0, 0.1) is 12.7 Å². The van der Waals surface area contributed by atoms with Gasteiger partial charge in [-0.05, 0) is 49.4 Å². The zero-order chi connectivity index (χ0) is 23.5. The molecule has 166 valence electrons. The predicted molar refractivity (Wildman–Crippen MR) is 126 cm³/mol. The van der Waals surface area contributed by atoms with E-state index in [1.807, 2.05) is 13.0 Å². The van der Waals surface area contributed by atoms with Gasteiger partial charge in [-0.2, -0.15) is 0 Å². The number of anilines is 2. The molecular formula is C25H21FN4O3. The maximum atomic E-state index is 13.5. The molecule has 33 heavy (non-hydrogen) atoms. The van der Waals surface area contributed by atoms with Crippen LogP contribution in [0.25, 0.3) is 22.3 Å². The van der Waals surface area contributed by atoms with Crippen LogP contribution in [0.1, 0.15) is 12.5 Å². The molecule has 0 fully saturated rings. The molecule has 2 amide bonds. The Bertz CT molecular complexity index is 1450. The number of para-hydroxylation sites is 2. The monoisotopic (exact) mass is 444 g/mol. The summed E-state index contributed by atoms with van der Waals surface area (Å²) in [6.07, 6.45) is 0. The minimum atomic E-state index is -0.490. The summed E-state index contributed by atoms with van der Waals surface area (Å²) in [5.74, 6) is -1.25. The maximum Gasteiger partial charge on any atom is 0.278 e. The van der Waals surface area contributed by atoms with Crippen LogP contribution < -0.4 is 16.2 Å². The second-order valence-corrected chi connectivity index (χ2v) is 7.63. The average Bonchev–Trinajstić information content (AvgIpc) is 2.76. The Morgan fingerprint density at radius 2 is 1.79 bits per heavy atom. The van der Waals surface area contributed by atoms with Gasteiger partial charge >= 0.3 is 0 Å². The summed E-state index contributed by atoms with van der Waals surface area (Å²) < 4.78 is 14.8. The zero-order valence-electron chi connectivity index (χ0n) is 18.1. The molecule has 0 aliphatic carbocycles. The second kappa shape index (κ2) is 9.04. The number of carbonyl (C=O) groups is 2. The SMILES string of the molecule is CC(=O)Nc1ccc(C)cc1-c1nc2ccccc2n(CC(=O)Nc2cccc(F)c2)c1=O. The number of fused-ring (bicyclic) bond motifs is 1. The van der Waals surface area contributed by atoms with E-state index in [0.717, 1.165) is 5.56 Å². The van der Waals surface area contributed by atoms with E-state index >= 15 is 0 Å². The van der Waals surface area contributed by atoms with Crippen LogP contribution in [0.2, 0.25) is 0 Å². The van der Waals surface area contributed by atoms with Crippen LogP contribution in [-0.4, -0.2) is 21.4 Å². The molecule has 0 aliphatic heterocycles. The highest BCUT2D eigenvalue weighted by molar-refractivity contribution is 5.95. The van der Waals surface area contributed by atoms with Crippen LogP contribution in [0.15, 0.2) is 71.5 Å². The second-order valence-electron chi connectivity index (χ2n) is 7.63. The largest absolute Gasteiger partial charge is 0.326 e. The highest BCUT2D eigenvalue weighted by Crippen LogP contribution is 2.27. The maximum absolute atomic E-state index is 13.5. The summed E-state index contributed by atoms with van der Waals surface area (Å²) in [6.45, 7) is 2.95. The van der Waals surface area contributed by atoms with Crippen molar-refractivity contribution < 1.29 is 14.0 Å². The molecule has 0 unspecified atom stereocenters. The summed E-state index contributed by atoms with van der Waals surface area (Å²) in [4.78, 5) is 42.5. The van der Waals surface area contributed by atoms with E-state index in [-0.39, 0.29) is 18.1 Å². The van der Waals surface area contributed by atoms with Gasteiger partial charge in [0.05, 0.1) is 16.7 Å². The van der Waals surface area contributed by atoms with Crippen LogP contribution in [-0.2, 0) is 16.1 Å². The fourth-order valence-electron chi connectivity index (χ4n) is 3.59. The molecule has 0 bridgehead atoms. The first-order valence-electron chi connectivity index (χ1n) is 10.3. The minimum Gasteiger partial charge on any atom is -0.326 e. The molecule has 4 rings (SSSR count). The molecule has 0 saturated carbocycles. The Morgan fingerprint density at radius 1 is 1.00 bits per heavy atom.